The second kappa shape index (κ2) is 6.03. The molecule has 0 heterocycles. The maximum atomic E-state index is 10.9. The van der Waals surface area contributed by atoms with Crippen molar-refractivity contribution < 1.29 is 4.79 Å². The van der Waals surface area contributed by atoms with Crippen molar-refractivity contribution in [3.8, 4) is 0 Å². The molecule has 12 heavy (non-hydrogen) atoms. The third-order valence-corrected chi connectivity index (χ3v) is 3.90. The lowest BCUT2D eigenvalue weighted by Crippen LogP contribution is -2.20. The van der Waals surface area contributed by atoms with Crippen LogP contribution in [-0.4, -0.2) is 36.9 Å². The van der Waals surface area contributed by atoms with Crippen LogP contribution in [0.15, 0.2) is 0 Å². The average molecular weight is 198 g/mol. The van der Waals surface area contributed by atoms with E-state index in [9.17, 15) is 4.79 Å². The molecule has 0 spiro atoms. The Morgan fingerprint density at radius 1 is 1.33 bits per heavy atom. The molecule has 0 aromatic heterocycles. The van der Waals surface area contributed by atoms with Crippen molar-refractivity contribution in [1.82, 2.24) is 0 Å². The third kappa shape index (κ3) is 5.20. The minimum absolute atomic E-state index is 0.144. The molecule has 0 atom stereocenters. The molecule has 0 aliphatic carbocycles. The lowest BCUT2D eigenvalue weighted by atomic mass is 10.2. The maximum Gasteiger partial charge on any atom is 0.132 e. The summed E-state index contributed by atoms with van der Waals surface area (Å²) in [7, 11) is 10.8. The molecule has 0 saturated carbocycles. The van der Waals surface area contributed by atoms with Crippen LogP contribution < -0.4 is 0 Å². The lowest BCUT2D eigenvalue weighted by Gasteiger charge is -2.26. The summed E-state index contributed by atoms with van der Waals surface area (Å²) in [6.07, 6.45) is 0.525. The Kier molecular flexibility index (Phi) is 6.28. The summed E-state index contributed by atoms with van der Waals surface area (Å²) in [4.78, 5) is 10.9. The number of thioether (sulfide) groups is 2. The molecular weight excluding hydrogens is 186 g/mol. The van der Waals surface area contributed by atoms with Gasteiger partial charge in [-0.3, -0.25) is 4.79 Å². The van der Waals surface area contributed by atoms with Gasteiger partial charge in [-0.15, -0.1) is 0 Å². The minimum Gasteiger partial charge on any atom is -0.300 e. The number of ketones is 1. The molecule has 0 fully saturated rings. The number of carbonyl (C=O) groups excluding carboxylic acids is 1. The van der Waals surface area contributed by atoms with E-state index in [1.807, 2.05) is 6.92 Å². The standard InChI is InChI=1S/C7H12B2OS2/c1-6(10)3-7(2,11-4-8)12-5-9/h3-5H2,1-2H3. The van der Waals surface area contributed by atoms with E-state index in [-0.39, 0.29) is 9.86 Å². The Morgan fingerprint density at radius 2 is 1.75 bits per heavy atom. The van der Waals surface area contributed by atoms with E-state index in [4.69, 9.17) is 15.7 Å². The fourth-order valence-electron chi connectivity index (χ4n) is 0.948. The Hall–Kier alpha value is 0.500. The smallest absolute Gasteiger partial charge is 0.132 e. The van der Waals surface area contributed by atoms with Crippen LogP contribution in [0, 0.1) is 0 Å². The van der Waals surface area contributed by atoms with Crippen molar-refractivity contribution in [3.63, 3.8) is 0 Å². The van der Waals surface area contributed by atoms with Crippen molar-refractivity contribution in [1.29, 1.82) is 0 Å². The van der Waals surface area contributed by atoms with Crippen LogP contribution >= 0.6 is 23.5 Å². The Labute approximate surface area is 85.6 Å². The topological polar surface area (TPSA) is 17.1 Å². The fraction of sp³-hybridized carbons (Fsp3) is 0.857. The third-order valence-electron chi connectivity index (χ3n) is 1.35. The molecule has 0 aliphatic rings. The number of rotatable bonds is 6. The van der Waals surface area contributed by atoms with E-state index in [1.165, 1.54) is 0 Å². The summed E-state index contributed by atoms with van der Waals surface area (Å²) in [5.41, 5.74) is 1.05. The second-order valence-electron chi connectivity index (χ2n) is 2.63. The van der Waals surface area contributed by atoms with Crippen LogP contribution in [0.2, 0.25) is 0 Å². The molecule has 0 amide bonds. The molecule has 1 nitrogen and oxygen atoms in total. The van der Waals surface area contributed by atoms with Gasteiger partial charge in [0.1, 0.15) is 5.78 Å². The highest BCUT2D eigenvalue weighted by Gasteiger charge is 2.25. The zero-order valence-electron chi connectivity index (χ0n) is 7.50. The maximum absolute atomic E-state index is 10.9. The van der Waals surface area contributed by atoms with E-state index in [1.54, 1.807) is 30.4 Å². The minimum atomic E-state index is -0.144. The van der Waals surface area contributed by atoms with Gasteiger partial charge in [0.05, 0.1) is 19.8 Å². The summed E-state index contributed by atoms with van der Waals surface area (Å²) in [6, 6.07) is 0. The summed E-state index contributed by atoms with van der Waals surface area (Å²) in [6.45, 7) is 3.59. The largest absolute Gasteiger partial charge is 0.300 e. The Bertz CT molecular complexity index is 146. The molecule has 0 saturated heterocycles. The van der Waals surface area contributed by atoms with E-state index in [2.05, 4.69) is 0 Å². The summed E-state index contributed by atoms with van der Waals surface area (Å²) < 4.78 is -0.144. The van der Waals surface area contributed by atoms with Gasteiger partial charge < -0.3 is 0 Å². The van der Waals surface area contributed by atoms with Gasteiger partial charge in [-0.25, -0.2) is 0 Å². The monoisotopic (exact) mass is 198 g/mol. The second-order valence-corrected chi connectivity index (χ2v) is 5.94. The molecular formula is C7H12B2OS2. The normalized spacial score (nSPS) is 11.5. The van der Waals surface area contributed by atoms with Crippen LogP contribution in [0.3, 0.4) is 0 Å². The van der Waals surface area contributed by atoms with Gasteiger partial charge in [-0.05, 0) is 25.2 Å². The van der Waals surface area contributed by atoms with Crippen LogP contribution in [0.4, 0.5) is 0 Å². The van der Waals surface area contributed by atoms with E-state index < -0.39 is 0 Å². The molecule has 0 aliphatic heterocycles. The predicted molar refractivity (Wildman–Crippen MR) is 60.1 cm³/mol. The zero-order valence-corrected chi connectivity index (χ0v) is 9.13. The van der Waals surface area contributed by atoms with Crippen LogP contribution in [0.25, 0.3) is 0 Å². The first-order valence-corrected chi connectivity index (χ1v) is 5.68. The van der Waals surface area contributed by atoms with Crippen molar-refractivity contribution in [2.75, 3.05) is 11.3 Å². The molecule has 0 N–H and O–H groups in total. The number of hydrogen-bond donors (Lipinski definition) is 0. The zero-order chi connectivity index (χ0) is 9.61. The van der Waals surface area contributed by atoms with Crippen LogP contribution in [0.5, 0.6) is 0 Å². The summed E-state index contributed by atoms with van der Waals surface area (Å²) in [5.74, 6) is 0.180. The number of Topliss-reactive ketones (excluding diaryl/α,β-unsaturated/α-hetero) is 1. The molecule has 4 radical (unpaired) electrons. The van der Waals surface area contributed by atoms with Gasteiger partial charge in [0.15, 0.2) is 0 Å². The number of carbonyl (C=O) groups is 1. The van der Waals surface area contributed by atoms with Gasteiger partial charge in [0, 0.05) is 6.42 Å². The molecule has 0 unspecified atom stereocenters. The Morgan fingerprint density at radius 3 is 2.00 bits per heavy atom. The van der Waals surface area contributed by atoms with Gasteiger partial charge in [-0.2, -0.15) is 23.5 Å². The summed E-state index contributed by atoms with van der Waals surface area (Å²) >= 11 is 3.14. The van der Waals surface area contributed by atoms with Crippen molar-refractivity contribution in [2.45, 2.75) is 24.3 Å². The van der Waals surface area contributed by atoms with Crippen LogP contribution in [0.1, 0.15) is 20.3 Å². The van der Waals surface area contributed by atoms with Crippen molar-refractivity contribution in [2.24, 2.45) is 0 Å². The lowest BCUT2D eigenvalue weighted by molar-refractivity contribution is -0.117. The van der Waals surface area contributed by atoms with Gasteiger partial charge in [0.25, 0.3) is 0 Å². The fourth-order valence-corrected chi connectivity index (χ4v) is 3.01. The van der Waals surface area contributed by atoms with Crippen molar-refractivity contribution in [3.05, 3.63) is 0 Å². The predicted octanol–water partition coefficient (Wildman–Crippen LogP) is 1.40. The first-order chi connectivity index (χ1) is 5.54. The number of hydrogen-bond acceptors (Lipinski definition) is 3. The molecule has 64 valence electrons. The van der Waals surface area contributed by atoms with Gasteiger partial charge in [-0.1, -0.05) is 0 Å². The molecule has 5 heteroatoms. The highest BCUT2D eigenvalue weighted by atomic mass is 32.2. The SMILES string of the molecule is [B]CSC(C)(CC(C)=O)SC[B]. The van der Waals surface area contributed by atoms with Crippen molar-refractivity contribution >= 4 is 45.0 Å². The first-order valence-electron chi connectivity index (χ1n) is 3.71. The Balaban J connectivity index is 4.07. The van der Waals surface area contributed by atoms with E-state index in [0.29, 0.717) is 17.7 Å². The van der Waals surface area contributed by atoms with E-state index >= 15 is 0 Å². The molecule has 0 rings (SSSR count). The molecule has 0 aromatic rings. The highest BCUT2D eigenvalue weighted by Crippen LogP contribution is 2.38. The first kappa shape index (κ1) is 12.5. The van der Waals surface area contributed by atoms with Gasteiger partial charge in [0.2, 0.25) is 0 Å². The quantitative estimate of drug-likeness (QED) is 0.474. The molecule has 0 aromatic carbocycles. The van der Waals surface area contributed by atoms with Crippen LogP contribution in [-0.2, 0) is 4.79 Å². The molecule has 0 bridgehead atoms. The highest BCUT2D eigenvalue weighted by molar-refractivity contribution is 8.19. The average Bonchev–Trinajstić information content (AvgIpc) is 1.85. The van der Waals surface area contributed by atoms with E-state index in [0.717, 1.165) is 0 Å². The van der Waals surface area contributed by atoms with Gasteiger partial charge >= 0.3 is 0 Å². The summed E-state index contributed by atoms with van der Waals surface area (Å²) in [5, 5.41) is 0.